The number of carbonyl (C=O) groups is 1. The molecule has 1 aliphatic heterocycles. The zero-order valence-corrected chi connectivity index (χ0v) is 15.6. The Morgan fingerprint density at radius 1 is 1.20 bits per heavy atom. The predicted molar refractivity (Wildman–Crippen MR) is 97.4 cm³/mol. The van der Waals surface area contributed by atoms with E-state index >= 15 is 0 Å². The highest BCUT2D eigenvalue weighted by atomic mass is 32.2. The first kappa shape index (κ1) is 19.4. The van der Waals surface area contributed by atoms with Gasteiger partial charge in [0.15, 0.2) is 0 Å². The number of aryl methyl sites for hydroxylation is 1. The molecule has 0 spiro atoms. The van der Waals surface area contributed by atoms with Crippen LogP contribution in [0.2, 0.25) is 0 Å². The Bertz CT molecular complexity index is 765. The summed E-state index contributed by atoms with van der Waals surface area (Å²) in [6.45, 7) is 11.4. The van der Waals surface area contributed by atoms with Crippen molar-refractivity contribution in [3.05, 3.63) is 54.3 Å². The van der Waals surface area contributed by atoms with Gasteiger partial charge in [0.05, 0.1) is 17.5 Å². The molecule has 5 nitrogen and oxygen atoms in total. The summed E-state index contributed by atoms with van der Waals surface area (Å²) < 4.78 is 32.7. The Labute approximate surface area is 150 Å². The molecule has 1 aromatic carbocycles. The lowest BCUT2D eigenvalue weighted by atomic mass is 10.0. The third-order valence-corrected chi connectivity index (χ3v) is 6.16. The number of nitrogens with zero attached hydrogens (tertiary/aromatic N) is 1. The summed E-state index contributed by atoms with van der Waals surface area (Å²) in [4.78, 5) is 12.3. The lowest BCUT2D eigenvalue weighted by Crippen LogP contribution is -2.41. The van der Waals surface area contributed by atoms with Crippen molar-refractivity contribution in [1.29, 1.82) is 0 Å². The molecule has 1 saturated heterocycles. The normalized spacial score (nSPS) is 19.6. The number of ether oxygens (including phenoxy) is 1. The summed E-state index contributed by atoms with van der Waals surface area (Å²) in [5.74, 6) is -0.493. The number of cyclic esters (lactones) is 1. The van der Waals surface area contributed by atoms with Gasteiger partial charge in [-0.25, -0.2) is 13.2 Å². The van der Waals surface area contributed by atoms with E-state index in [9.17, 15) is 13.2 Å². The fourth-order valence-electron chi connectivity index (χ4n) is 2.83. The molecule has 0 aliphatic carbocycles. The zero-order chi connectivity index (χ0) is 18.6. The fraction of sp³-hybridized carbons (Fsp3) is 0.421. The SMILES string of the molecule is C=C1CN(S(=O)(=O)c2ccc(C)cc2)[C@@H](CCCCC)C(=C)C(=O)O1. The highest BCUT2D eigenvalue weighted by Gasteiger charge is 2.38. The molecule has 25 heavy (non-hydrogen) atoms. The van der Waals surface area contributed by atoms with Gasteiger partial charge in [0.25, 0.3) is 0 Å². The molecule has 2 rings (SSSR count). The van der Waals surface area contributed by atoms with Crippen LogP contribution in [0.5, 0.6) is 0 Å². The summed E-state index contributed by atoms with van der Waals surface area (Å²) >= 11 is 0. The lowest BCUT2D eigenvalue weighted by Gasteiger charge is -2.28. The molecular weight excluding hydrogens is 338 g/mol. The molecule has 1 aliphatic rings. The second-order valence-corrected chi connectivity index (χ2v) is 8.22. The number of unbranched alkanes of at least 4 members (excludes halogenated alkanes) is 2. The molecule has 0 bridgehead atoms. The highest BCUT2D eigenvalue weighted by Crippen LogP contribution is 2.29. The monoisotopic (exact) mass is 363 g/mol. The third-order valence-electron chi connectivity index (χ3n) is 4.29. The molecule has 1 fully saturated rings. The Morgan fingerprint density at radius 2 is 1.84 bits per heavy atom. The van der Waals surface area contributed by atoms with Gasteiger partial charge in [0, 0.05) is 5.57 Å². The molecule has 1 aromatic rings. The summed E-state index contributed by atoms with van der Waals surface area (Å²) in [5, 5.41) is 0. The predicted octanol–water partition coefficient (Wildman–Crippen LogP) is 3.56. The van der Waals surface area contributed by atoms with Crippen LogP contribution in [0.1, 0.15) is 38.2 Å². The van der Waals surface area contributed by atoms with E-state index in [1.165, 1.54) is 4.31 Å². The largest absolute Gasteiger partial charge is 0.427 e. The first-order valence-electron chi connectivity index (χ1n) is 8.44. The second kappa shape index (κ2) is 7.97. The smallest absolute Gasteiger partial charge is 0.340 e. The van der Waals surface area contributed by atoms with Gasteiger partial charge < -0.3 is 4.74 Å². The average molecular weight is 363 g/mol. The van der Waals surface area contributed by atoms with E-state index in [-0.39, 0.29) is 22.8 Å². The lowest BCUT2D eigenvalue weighted by molar-refractivity contribution is -0.134. The quantitative estimate of drug-likeness (QED) is 0.440. The molecule has 0 radical (unpaired) electrons. The Morgan fingerprint density at radius 3 is 2.44 bits per heavy atom. The molecular formula is C19H25NO4S. The van der Waals surface area contributed by atoms with Crippen LogP contribution in [0.15, 0.2) is 53.7 Å². The van der Waals surface area contributed by atoms with Crippen LogP contribution in [-0.2, 0) is 19.6 Å². The maximum absolute atomic E-state index is 13.2. The number of hydrogen-bond donors (Lipinski definition) is 0. The van der Waals surface area contributed by atoms with Gasteiger partial charge in [0.2, 0.25) is 10.0 Å². The molecule has 1 atom stereocenters. The van der Waals surface area contributed by atoms with Crippen molar-refractivity contribution in [2.75, 3.05) is 6.54 Å². The van der Waals surface area contributed by atoms with Crippen LogP contribution in [0, 0.1) is 6.92 Å². The molecule has 136 valence electrons. The molecule has 0 aromatic heterocycles. The van der Waals surface area contributed by atoms with E-state index in [2.05, 4.69) is 20.1 Å². The fourth-order valence-corrected chi connectivity index (χ4v) is 4.46. The zero-order valence-electron chi connectivity index (χ0n) is 14.8. The number of hydrogen-bond acceptors (Lipinski definition) is 4. The van der Waals surface area contributed by atoms with Gasteiger partial charge in [-0.15, -0.1) is 0 Å². The number of benzene rings is 1. The molecule has 0 N–H and O–H groups in total. The van der Waals surface area contributed by atoms with E-state index in [0.717, 1.165) is 24.8 Å². The summed E-state index contributed by atoms with van der Waals surface area (Å²) in [5.41, 5.74) is 1.13. The van der Waals surface area contributed by atoms with Gasteiger partial charge in [0.1, 0.15) is 5.76 Å². The van der Waals surface area contributed by atoms with Gasteiger partial charge in [-0.2, -0.15) is 4.31 Å². The van der Waals surface area contributed by atoms with Crippen molar-refractivity contribution >= 4 is 16.0 Å². The topological polar surface area (TPSA) is 63.7 Å². The van der Waals surface area contributed by atoms with Gasteiger partial charge in [-0.1, -0.05) is 57.0 Å². The molecule has 1 heterocycles. The van der Waals surface area contributed by atoms with Crippen LogP contribution < -0.4 is 0 Å². The maximum atomic E-state index is 13.2. The van der Waals surface area contributed by atoms with Gasteiger partial charge in [-0.3, -0.25) is 0 Å². The molecule has 0 amide bonds. The average Bonchev–Trinajstić information content (AvgIpc) is 2.66. The van der Waals surface area contributed by atoms with E-state index < -0.39 is 22.0 Å². The standard InChI is InChI=1S/C19H25NO4S/c1-5-6-7-8-18-16(4)19(21)24-15(3)13-20(18)25(22,23)17-11-9-14(2)10-12-17/h9-12,18H,3-8,13H2,1-2H3/t18-/m0/s1. The van der Waals surface area contributed by atoms with Crippen molar-refractivity contribution in [3.63, 3.8) is 0 Å². The Balaban J connectivity index is 2.43. The van der Waals surface area contributed by atoms with Crippen LogP contribution in [0.3, 0.4) is 0 Å². The van der Waals surface area contributed by atoms with Crippen molar-refractivity contribution in [3.8, 4) is 0 Å². The van der Waals surface area contributed by atoms with Crippen molar-refractivity contribution in [2.45, 2.75) is 50.5 Å². The van der Waals surface area contributed by atoms with E-state index in [4.69, 9.17) is 4.74 Å². The van der Waals surface area contributed by atoms with Crippen LogP contribution in [-0.4, -0.2) is 31.3 Å². The third kappa shape index (κ3) is 4.38. The molecule has 0 unspecified atom stereocenters. The minimum Gasteiger partial charge on any atom is -0.427 e. The second-order valence-electron chi connectivity index (χ2n) is 6.33. The van der Waals surface area contributed by atoms with Crippen molar-refractivity contribution < 1.29 is 17.9 Å². The number of carbonyl (C=O) groups excluding carboxylic acids is 1. The first-order valence-corrected chi connectivity index (χ1v) is 9.88. The Hall–Kier alpha value is -1.92. The van der Waals surface area contributed by atoms with Gasteiger partial charge in [-0.05, 0) is 25.5 Å². The van der Waals surface area contributed by atoms with E-state index in [1.807, 2.05) is 6.92 Å². The van der Waals surface area contributed by atoms with Crippen molar-refractivity contribution in [2.24, 2.45) is 0 Å². The first-order chi connectivity index (χ1) is 11.8. The van der Waals surface area contributed by atoms with Crippen LogP contribution in [0.4, 0.5) is 0 Å². The summed E-state index contributed by atoms with van der Waals surface area (Å²) in [6, 6.07) is 6.04. The van der Waals surface area contributed by atoms with Crippen molar-refractivity contribution in [1.82, 2.24) is 4.31 Å². The van der Waals surface area contributed by atoms with Crippen LogP contribution in [0.25, 0.3) is 0 Å². The van der Waals surface area contributed by atoms with Crippen LogP contribution >= 0.6 is 0 Å². The minimum atomic E-state index is -3.80. The maximum Gasteiger partial charge on any atom is 0.340 e. The number of esters is 1. The highest BCUT2D eigenvalue weighted by molar-refractivity contribution is 7.89. The Kier molecular flexibility index (Phi) is 6.19. The summed E-state index contributed by atoms with van der Waals surface area (Å²) in [7, 11) is -3.80. The number of rotatable bonds is 6. The molecule has 6 heteroatoms. The molecule has 0 saturated carbocycles. The van der Waals surface area contributed by atoms with Gasteiger partial charge >= 0.3 is 5.97 Å². The van der Waals surface area contributed by atoms with E-state index in [0.29, 0.717) is 6.42 Å². The number of sulfonamides is 1. The summed E-state index contributed by atoms with van der Waals surface area (Å²) in [6.07, 6.45) is 3.29. The van der Waals surface area contributed by atoms with E-state index in [1.54, 1.807) is 24.3 Å². The minimum absolute atomic E-state index is 0.0578.